The second-order valence-electron chi connectivity index (χ2n) is 8.54. The number of fused-ring (bicyclic) bond motifs is 2. The van der Waals surface area contributed by atoms with Gasteiger partial charge in [0, 0.05) is 31.3 Å². The minimum absolute atomic E-state index is 0.00615. The molecule has 1 fully saturated rings. The molecule has 0 spiro atoms. The Balaban J connectivity index is 1.33. The Morgan fingerprint density at radius 3 is 2.66 bits per heavy atom. The average molecular weight is 432 g/mol. The maximum Gasteiger partial charge on any atom is 0.245 e. The normalized spacial score (nSPS) is 18.5. The highest BCUT2D eigenvalue weighted by Gasteiger charge is 2.31. The molecule has 1 saturated carbocycles. The van der Waals surface area contributed by atoms with Crippen LogP contribution in [0.1, 0.15) is 56.0 Å². The van der Waals surface area contributed by atoms with Crippen molar-refractivity contribution in [3.05, 3.63) is 36.2 Å². The van der Waals surface area contributed by atoms with E-state index in [1.165, 1.54) is 19.3 Å². The maximum atomic E-state index is 6.41. The quantitative estimate of drug-likeness (QED) is 0.474. The van der Waals surface area contributed by atoms with Gasteiger partial charge in [-0.1, -0.05) is 6.42 Å². The Bertz CT molecular complexity index is 1270. The van der Waals surface area contributed by atoms with Gasteiger partial charge in [0.05, 0.1) is 12.1 Å². The van der Waals surface area contributed by atoms with Gasteiger partial charge in [-0.05, 0) is 33.1 Å². The van der Waals surface area contributed by atoms with E-state index >= 15 is 0 Å². The molecule has 0 unspecified atom stereocenters. The lowest BCUT2D eigenvalue weighted by molar-refractivity contribution is 0.147. The molecule has 2 aliphatic rings. The van der Waals surface area contributed by atoms with E-state index in [0.29, 0.717) is 23.9 Å². The van der Waals surface area contributed by atoms with Crippen molar-refractivity contribution in [3.8, 4) is 17.3 Å². The molecule has 10 heteroatoms. The van der Waals surface area contributed by atoms with Crippen LogP contribution in [-0.4, -0.2) is 50.4 Å². The van der Waals surface area contributed by atoms with Gasteiger partial charge in [-0.15, -0.1) is 10.2 Å². The van der Waals surface area contributed by atoms with Crippen LogP contribution in [-0.2, 0) is 19.5 Å². The molecule has 0 saturated heterocycles. The fraction of sp³-hybridized carbons (Fsp3) is 0.500. The van der Waals surface area contributed by atoms with Gasteiger partial charge in [-0.25, -0.2) is 19.9 Å². The van der Waals surface area contributed by atoms with Gasteiger partial charge in [-0.2, -0.15) is 4.98 Å². The fourth-order valence-electron chi connectivity index (χ4n) is 4.57. The third kappa shape index (κ3) is 3.12. The van der Waals surface area contributed by atoms with E-state index < -0.39 is 0 Å². The van der Waals surface area contributed by atoms with Crippen LogP contribution in [0.3, 0.4) is 0 Å². The molecule has 0 radical (unpaired) electrons. The highest BCUT2D eigenvalue weighted by atomic mass is 16.5. The van der Waals surface area contributed by atoms with Crippen molar-refractivity contribution in [3.63, 3.8) is 0 Å². The predicted octanol–water partition coefficient (Wildman–Crippen LogP) is 2.86. The Morgan fingerprint density at radius 1 is 1.06 bits per heavy atom. The van der Waals surface area contributed by atoms with Gasteiger partial charge in [0.2, 0.25) is 5.88 Å². The molecular weight excluding hydrogens is 406 g/mol. The number of aromatic nitrogens is 9. The summed E-state index contributed by atoms with van der Waals surface area (Å²) in [6, 6.07) is 0. The monoisotopic (exact) mass is 431 g/mol. The molecular formula is C22H25N9O. The number of imidazole rings is 1. The zero-order valence-corrected chi connectivity index (χ0v) is 18.3. The van der Waals surface area contributed by atoms with Gasteiger partial charge in [0.15, 0.2) is 11.2 Å². The minimum atomic E-state index is -0.00615. The average Bonchev–Trinajstić information content (AvgIpc) is 3.35. The van der Waals surface area contributed by atoms with Crippen molar-refractivity contribution in [1.82, 2.24) is 44.3 Å². The molecule has 0 N–H and O–H groups in total. The Hall–Kier alpha value is -3.43. The van der Waals surface area contributed by atoms with E-state index in [2.05, 4.69) is 41.6 Å². The summed E-state index contributed by atoms with van der Waals surface area (Å²) in [6.45, 7) is 5.39. The van der Waals surface area contributed by atoms with E-state index in [1.807, 2.05) is 11.5 Å². The second kappa shape index (κ2) is 7.61. The third-order valence-corrected chi connectivity index (χ3v) is 6.53. The van der Waals surface area contributed by atoms with Crippen LogP contribution in [0, 0.1) is 6.92 Å². The van der Waals surface area contributed by atoms with E-state index in [4.69, 9.17) is 9.72 Å². The molecule has 32 heavy (non-hydrogen) atoms. The molecule has 1 atom stereocenters. The smallest absolute Gasteiger partial charge is 0.245 e. The first kappa shape index (κ1) is 19.3. The van der Waals surface area contributed by atoms with Crippen molar-refractivity contribution in [1.29, 1.82) is 0 Å². The van der Waals surface area contributed by atoms with Crippen LogP contribution in [0.5, 0.6) is 5.88 Å². The summed E-state index contributed by atoms with van der Waals surface area (Å²) in [5, 5.41) is 8.90. The summed E-state index contributed by atoms with van der Waals surface area (Å²) in [5.41, 5.74) is 2.26. The topological polar surface area (TPSA) is 109 Å². The van der Waals surface area contributed by atoms with Crippen LogP contribution in [0.15, 0.2) is 18.7 Å². The molecule has 0 amide bonds. The number of nitrogens with zero attached hydrogens (tertiary/aromatic N) is 9. The molecule has 6 rings (SSSR count). The predicted molar refractivity (Wildman–Crippen MR) is 116 cm³/mol. The molecule has 5 heterocycles. The van der Waals surface area contributed by atoms with Gasteiger partial charge < -0.3 is 13.9 Å². The van der Waals surface area contributed by atoms with Crippen LogP contribution >= 0.6 is 0 Å². The summed E-state index contributed by atoms with van der Waals surface area (Å²) in [4.78, 5) is 22.4. The van der Waals surface area contributed by atoms with Gasteiger partial charge in [0.25, 0.3) is 0 Å². The van der Waals surface area contributed by atoms with E-state index in [9.17, 15) is 0 Å². The molecule has 1 aliphatic heterocycles. The summed E-state index contributed by atoms with van der Waals surface area (Å²) in [7, 11) is 0. The minimum Gasteiger partial charge on any atom is -0.471 e. The lowest BCUT2D eigenvalue weighted by Crippen LogP contribution is -2.32. The number of ether oxygens (including phenoxy) is 1. The highest BCUT2D eigenvalue weighted by molar-refractivity contribution is 5.81. The van der Waals surface area contributed by atoms with Crippen molar-refractivity contribution in [2.45, 2.75) is 71.1 Å². The first-order valence-corrected chi connectivity index (χ1v) is 11.3. The van der Waals surface area contributed by atoms with Crippen LogP contribution in [0.4, 0.5) is 0 Å². The number of hydrogen-bond acceptors (Lipinski definition) is 8. The largest absolute Gasteiger partial charge is 0.471 e. The van der Waals surface area contributed by atoms with Crippen LogP contribution < -0.4 is 4.74 Å². The Kier molecular flexibility index (Phi) is 4.58. The Morgan fingerprint density at radius 2 is 1.91 bits per heavy atom. The number of hydrogen-bond donors (Lipinski definition) is 0. The zero-order valence-electron chi connectivity index (χ0n) is 18.3. The molecule has 10 nitrogen and oxygen atoms in total. The third-order valence-electron chi connectivity index (χ3n) is 6.53. The first-order valence-electron chi connectivity index (χ1n) is 11.3. The van der Waals surface area contributed by atoms with Crippen molar-refractivity contribution in [2.24, 2.45) is 0 Å². The van der Waals surface area contributed by atoms with Crippen molar-refractivity contribution < 1.29 is 4.74 Å². The van der Waals surface area contributed by atoms with E-state index in [-0.39, 0.29) is 6.10 Å². The molecule has 4 aromatic heterocycles. The van der Waals surface area contributed by atoms with Gasteiger partial charge in [0.1, 0.15) is 35.7 Å². The summed E-state index contributed by atoms with van der Waals surface area (Å²) >= 11 is 0. The first-order chi connectivity index (χ1) is 15.7. The SMILES string of the molecule is CCn1c(-c2cnc(C)nc2)nc2c(O[C@@H]3CCc4nnc(C5CCC5)n4C3)ncnc21. The van der Waals surface area contributed by atoms with Crippen LogP contribution in [0.2, 0.25) is 0 Å². The maximum absolute atomic E-state index is 6.41. The molecule has 0 aromatic carbocycles. The lowest BCUT2D eigenvalue weighted by atomic mass is 9.84. The summed E-state index contributed by atoms with van der Waals surface area (Å²) < 4.78 is 10.7. The fourth-order valence-corrected chi connectivity index (χ4v) is 4.57. The second-order valence-corrected chi connectivity index (χ2v) is 8.54. The standard InChI is InChI=1S/C22H25N9O/c1-3-30-19(15-9-23-13(2)24-10-15)27-18-21(30)25-12-26-22(18)32-16-7-8-17-28-29-20(31(17)11-16)14-5-4-6-14/h9-10,12,14,16H,3-8,11H2,1-2H3/t16-/m1/s1. The number of rotatable bonds is 5. The molecule has 164 valence electrons. The van der Waals surface area contributed by atoms with Crippen molar-refractivity contribution >= 4 is 11.2 Å². The zero-order chi connectivity index (χ0) is 21.7. The van der Waals surface area contributed by atoms with E-state index in [0.717, 1.165) is 53.9 Å². The molecule has 0 bridgehead atoms. The number of aryl methyl sites for hydroxylation is 3. The Labute approximate surface area is 185 Å². The summed E-state index contributed by atoms with van der Waals surface area (Å²) in [6.07, 6.45) is 10.5. The molecule has 4 aromatic rings. The van der Waals surface area contributed by atoms with E-state index in [1.54, 1.807) is 18.7 Å². The summed E-state index contributed by atoms with van der Waals surface area (Å²) in [5.74, 6) is 4.73. The molecule has 1 aliphatic carbocycles. The van der Waals surface area contributed by atoms with Crippen LogP contribution in [0.25, 0.3) is 22.6 Å². The lowest BCUT2D eigenvalue weighted by Gasteiger charge is -2.29. The van der Waals surface area contributed by atoms with Gasteiger partial charge >= 0.3 is 0 Å². The van der Waals surface area contributed by atoms with Gasteiger partial charge in [-0.3, -0.25) is 0 Å². The highest BCUT2D eigenvalue weighted by Crippen LogP contribution is 2.37. The van der Waals surface area contributed by atoms with Crippen molar-refractivity contribution in [2.75, 3.05) is 0 Å².